The number of nitrogens with two attached hydrogens (primary N) is 1. The lowest BCUT2D eigenvalue weighted by Crippen LogP contribution is -2.39. The molecule has 3 N–H and O–H groups in total. The van der Waals surface area contributed by atoms with Crippen LogP contribution in [0.5, 0.6) is 0 Å². The molecule has 1 saturated carbocycles. The predicted molar refractivity (Wildman–Crippen MR) is 81.1 cm³/mol. The van der Waals surface area contributed by atoms with Crippen molar-refractivity contribution < 1.29 is 22.7 Å². The molecule has 0 saturated heterocycles. The number of hydrogen-bond acceptors (Lipinski definition) is 4. The first-order valence-electron chi connectivity index (χ1n) is 6.86. The minimum absolute atomic E-state index is 0.0192. The Hall–Kier alpha value is -2.25. The molecule has 1 aliphatic rings. The Morgan fingerprint density at radius 3 is 2.17 bits per heavy atom. The SMILES string of the molecule is NC1(C(=O)O)C(c2ccc(F)cc2)C1S(=O)(=O)c1ccccc1. The zero-order valence-electron chi connectivity index (χ0n) is 11.9. The molecule has 0 radical (unpaired) electrons. The summed E-state index contributed by atoms with van der Waals surface area (Å²) in [7, 11) is -3.93. The van der Waals surface area contributed by atoms with Crippen molar-refractivity contribution in [1.29, 1.82) is 0 Å². The van der Waals surface area contributed by atoms with Gasteiger partial charge in [0.2, 0.25) is 0 Å². The predicted octanol–water partition coefficient (Wildman–Crippen LogP) is 1.55. The maximum Gasteiger partial charge on any atom is 0.325 e. The second kappa shape index (κ2) is 5.14. The van der Waals surface area contributed by atoms with E-state index in [-0.39, 0.29) is 4.90 Å². The van der Waals surface area contributed by atoms with Crippen LogP contribution < -0.4 is 5.73 Å². The van der Waals surface area contributed by atoms with E-state index in [1.807, 2.05) is 0 Å². The van der Waals surface area contributed by atoms with Crippen LogP contribution in [0.1, 0.15) is 11.5 Å². The van der Waals surface area contributed by atoms with Crippen molar-refractivity contribution in [3.8, 4) is 0 Å². The van der Waals surface area contributed by atoms with E-state index in [0.717, 1.165) is 12.1 Å². The van der Waals surface area contributed by atoms with Crippen molar-refractivity contribution in [3.63, 3.8) is 0 Å². The number of benzene rings is 2. The van der Waals surface area contributed by atoms with Crippen molar-refractivity contribution >= 4 is 15.8 Å². The number of halogens is 1. The zero-order chi connectivity index (χ0) is 16.8. The Labute approximate surface area is 132 Å². The fraction of sp³-hybridized carbons (Fsp3) is 0.188. The molecular weight excluding hydrogens is 321 g/mol. The van der Waals surface area contributed by atoms with Crippen LogP contribution in [0.2, 0.25) is 0 Å². The first-order chi connectivity index (χ1) is 10.8. The monoisotopic (exact) mass is 335 g/mol. The van der Waals surface area contributed by atoms with Crippen molar-refractivity contribution in [3.05, 3.63) is 66.0 Å². The van der Waals surface area contributed by atoms with Gasteiger partial charge in [-0.15, -0.1) is 0 Å². The van der Waals surface area contributed by atoms with Crippen LogP contribution in [-0.2, 0) is 14.6 Å². The first kappa shape index (κ1) is 15.6. The first-order valence-corrected chi connectivity index (χ1v) is 8.41. The lowest BCUT2D eigenvalue weighted by Gasteiger charge is -2.06. The van der Waals surface area contributed by atoms with Gasteiger partial charge in [0.05, 0.1) is 4.90 Å². The third-order valence-electron chi connectivity index (χ3n) is 4.18. The Balaban J connectivity index is 2.07. The van der Waals surface area contributed by atoms with Gasteiger partial charge in [-0.1, -0.05) is 30.3 Å². The van der Waals surface area contributed by atoms with Gasteiger partial charge in [-0.05, 0) is 29.8 Å². The summed E-state index contributed by atoms with van der Waals surface area (Å²) in [6.07, 6.45) is 0. The molecule has 7 heteroatoms. The lowest BCUT2D eigenvalue weighted by atomic mass is 10.1. The molecule has 2 aromatic rings. The zero-order valence-corrected chi connectivity index (χ0v) is 12.7. The number of carboxylic acid groups (broad SMARTS) is 1. The third kappa shape index (κ3) is 2.32. The Morgan fingerprint density at radius 1 is 1.09 bits per heavy atom. The van der Waals surface area contributed by atoms with E-state index in [1.165, 1.54) is 24.3 Å². The molecule has 0 aliphatic heterocycles. The topological polar surface area (TPSA) is 97.5 Å². The van der Waals surface area contributed by atoms with Crippen LogP contribution in [0.4, 0.5) is 4.39 Å². The fourth-order valence-electron chi connectivity index (χ4n) is 2.94. The van der Waals surface area contributed by atoms with E-state index in [0.29, 0.717) is 5.56 Å². The summed E-state index contributed by atoms with van der Waals surface area (Å²) < 4.78 is 38.5. The van der Waals surface area contributed by atoms with E-state index in [4.69, 9.17) is 5.73 Å². The molecule has 2 aromatic carbocycles. The van der Waals surface area contributed by atoms with Crippen LogP contribution in [-0.4, -0.2) is 30.3 Å². The summed E-state index contributed by atoms with van der Waals surface area (Å²) in [5.41, 5.74) is 4.36. The number of carbonyl (C=O) groups is 1. The average molecular weight is 335 g/mol. The number of aliphatic carboxylic acids is 1. The van der Waals surface area contributed by atoms with Crippen LogP contribution in [0, 0.1) is 5.82 Å². The molecular formula is C16H14FNO4S. The second-order valence-electron chi connectivity index (χ2n) is 5.55. The standard InChI is InChI=1S/C16H14FNO4S/c17-11-8-6-10(7-9-11)13-14(16(13,18)15(19)20)23(21,22)12-4-2-1-3-5-12/h1-9,13-14H,18H2,(H,19,20). The van der Waals surface area contributed by atoms with Crippen LogP contribution in [0.3, 0.4) is 0 Å². The summed E-state index contributed by atoms with van der Waals surface area (Å²) in [6, 6.07) is 12.6. The summed E-state index contributed by atoms with van der Waals surface area (Å²) in [5, 5.41) is 8.12. The summed E-state index contributed by atoms with van der Waals surface area (Å²) in [6.45, 7) is 0. The van der Waals surface area contributed by atoms with Gasteiger partial charge in [0.25, 0.3) is 0 Å². The van der Waals surface area contributed by atoms with Crippen molar-refractivity contribution in [1.82, 2.24) is 0 Å². The minimum Gasteiger partial charge on any atom is -0.480 e. The van der Waals surface area contributed by atoms with E-state index < -0.39 is 38.3 Å². The Bertz CT molecular complexity index is 851. The van der Waals surface area contributed by atoms with Gasteiger partial charge in [-0.25, -0.2) is 12.8 Å². The molecule has 3 unspecified atom stereocenters. The average Bonchev–Trinajstić information content (AvgIpc) is 3.18. The van der Waals surface area contributed by atoms with E-state index in [2.05, 4.69) is 0 Å². The maximum atomic E-state index is 13.1. The molecule has 0 spiro atoms. The molecule has 3 atom stereocenters. The summed E-state index contributed by atoms with van der Waals surface area (Å²) in [4.78, 5) is 11.6. The summed E-state index contributed by atoms with van der Waals surface area (Å²) >= 11 is 0. The minimum atomic E-state index is -3.93. The fourth-order valence-corrected chi connectivity index (χ4v) is 5.19. The number of carboxylic acids is 1. The molecule has 5 nitrogen and oxygen atoms in total. The molecule has 23 heavy (non-hydrogen) atoms. The van der Waals surface area contributed by atoms with Crippen molar-refractivity contribution in [2.75, 3.05) is 0 Å². The third-order valence-corrected chi connectivity index (χ3v) is 6.44. The highest BCUT2D eigenvalue weighted by Gasteiger charge is 2.74. The van der Waals surface area contributed by atoms with Gasteiger partial charge in [0.15, 0.2) is 9.84 Å². The van der Waals surface area contributed by atoms with Gasteiger partial charge < -0.3 is 10.8 Å². The number of rotatable bonds is 4. The smallest absolute Gasteiger partial charge is 0.325 e. The van der Waals surface area contributed by atoms with Crippen molar-refractivity contribution in [2.24, 2.45) is 5.73 Å². The van der Waals surface area contributed by atoms with Crippen molar-refractivity contribution in [2.45, 2.75) is 21.6 Å². The van der Waals surface area contributed by atoms with Gasteiger partial charge in [0, 0.05) is 5.92 Å². The molecule has 0 amide bonds. The van der Waals surface area contributed by atoms with E-state index in [9.17, 15) is 22.7 Å². The van der Waals surface area contributed by atoms with Crippen LogP contribution in [0.15, 0.2) is 59.5 Å². The molecule has 0 heterocycles. The molecule has 3 rings (SSSR count). The van der Waals surface area contributed by atoms with Gasteiger partial charge >= 0.3 is 5.97 Å². The maximum absolute atomic E-state index is 13.1. The number of hydrogen-bond donors (Lipinski definition) is 2. The summed E-state index contributed by atoms with van der Waals surface area (Å²) in [5.74, 6) is -2.81. The van der Waals surface area contributed by atoms with Crippen LogP contribution in [0.25, 0.3) is 0 Å². The molecule has 0 aromatic heterocycles. The quantitative estimate of drug-likeness (QED) is 0.883. The van der Waals surface area contributed by atoms with Gasteiger partial charge in [0.1, 0.15) is 16.6 Å². The van der Waals surface area contributed by atoms with Crippen LogP contribution >= 0.6 is 0 Å². The highest BCUT2D eigenvalue weighted by Crippen LogP contribution is 2.55. The van der Waals surface area contributed by atoms with E-state index >= 15 is 0 Å². The lowest BCUT2D eigenvalue weighted by molar-refractivity contribution is -0.139. The molecule has 120 valence electrons. The Morgan fingerprint density at radius 2 is 1.65 bits per heavy atom. The highest BCUT2D eigenvalue weighted by atomic mass is 32.2. The van der Waals surface area contributed by atoms with Gasteiger partial charge in [-0.2, -0.15) is 0 Å². The highest BCUT2D eigenvalue weighted by molar-refractivity contribution is 7.92. The molecule has 1 aliphatic carbocycles. The van der Waals surface area contributed by atoms with Gasteiger partial charge in [-0.3, -0.25) is 4.79 Å². The molecule has 0 bridgehead atoms. The molecule has 1 fully saturated rings. The largest absolute Gasteiger partial charge is 0.480 e. The Kier molecular flexibility index (Phi) is 3.50. The van der Waals surface area contributed by atoms with E-state index in [1.54, 1.807) is 18.2 Å². The normalized spacial score (nSPS) is 26.7. The number of sulfone groups is 1. The second-order valence-corrected chi connectivity index (χ2v) is 7.62.